The van der Waals surface area contributed by atoms with Crippen LogP contribution < -0.4 is 5.56 Å². The molecular formula is C27H24N2O4. The van der Waals surface area contributed by atoms with Gasteiger partial charge in [-0.1, -0.05) is 86.6 Å². The van der Waals surface area contributed by atoms with Crippen molar-refractivity contribution in [1.29, 1.82) is 0 Å². The highest BCUT2D eigenvalue weighted by atomic mass is 16.5. The van der Waals surface area contributed by atoms with E-state index in [9.17, 15) is 14.4 Å². The first-order valence-corrected chi connectivity index (χ1v) is 10.8. The minimum absolute atomic E-state index is 0.00378. The average Bonchev–Trinajstić information content (AvgIpc) is 2.84. The topological polar surface area (TPSA) is 78.3 Å². The fraction of sp³-hybridized carbons (Fsp3) is 0.185. The smallest absolute Gasteiger partial charge is 0.359 e. The molecule has 4 rings (SSSR count). The SMILES string of the molecule is CC(C)c1ccc(C(=O)COC(=O)c2nn(Cc3ccccc3)c(=O)c3ccccc23)cc1. The van der Waals surface area contributed by atoms with Crippen LogP contribution in [0.5, 0.6) is 0 Å². The minimum atomic E-state index is -0.750. The molecule has 0 spiro atoms. The third-order valence-corrected chi connectivity index (χ3v) is 5.47. The number of aromatic nitrogens is 2. The van der Waals surface area contributed by atoms with Gasteiger partial charge in [0.25, 0.3) is 5.56 Å². The normalized spacial score (nSPS) is 11.0. The Balaban J connectivity index is 1.59. The van der Waals surface area contributed by atoms with Gasteiger partial charge in [-0.3, -0.25) is 9.59 Å². The van der Waals surface area contributed by atoms with Gasteiger partial charge in [-0.2, -0.15) is 5.10 Å². The second kappa shape index (κ2) is 9.61. The highest BCUT2D eigenvalue weighted by molar-refractivity contribution is 6.04. The van der Waals surface area contributed by atoms with E-state index in [2.05, 4.69) is 18.9 Å². The molecule has 0 atom stereocenters. The molecule has 0 radical (unpaired) electrons. The molecule has 6 nitrogen and oxygen atoms in total. The van der Waals surface area contributed by atoms with Crippen molar-refractivity contribution in [2.75, 3.05) is 6.61 Å². The molecule has 1 heterocycles. The molecule has 3 aromatic carbocycles. The van der Waals surface area contributed by atoms with Crippen LogP contribution in [0.2, 0.25) is 0 Å². The summed E-state index contributed by atoms with van der Waals surface area (Å²) in [5.74, 6) is -0.696. The molecule has 0 saturated heterocycles. The molecular weight excluding hydrogens is 416 g/mol. The van der Waals surface area contributed by atoms with Crippen LogP contribution >= 0.6 is 0 Å². The standard InChI is InChI=1S/C27H24N2O4/c1-18(2)20-12-14-21(15-13-20)24(30)17-33-27(32)25-22-10-6-7-11-23(22)26(31)29(28-25)16-19-8-4-3-5-9-19/h3-15,18H,16-17H2,1-2H3. The van der Waals surface area contributed by atoms with Gasteiger partial charge in [0.05, 0.1) is 11.9 Å². The fourth-order valence-electron chi connectivity index (χ4n) is 3.59. The Bertz CT molecular complexity index is 1360. The third kappa shape index (κ3) is 4.90. The first-order valence-electron chi connectivity index (χ1n) is 10.8. The maximum absolute atomic E-state index is 12.9. The van der Waals surface area contributed by atoms with E-state index >= 15 is 0 Å². The zero-order valence-electron chi connectivity index (χ0n) is 18.5. The van der Waals surface area contributed by atoms with E-state index < -0.39 is 12.6 Å². The zero-order valence-corrected chi connectivity index (χ0v) is 18.5. The monoisotopic (exact) mass is 440 g/mol. The van der Waals surface area contributed by atoms with E-state index in [1.165, 1.54) is 4.68 Å². The summed E-state index contributed by atoms with van der Waals surface area (Å²) in [6.07, 6.45) is 0. The lowest BCUT2D eigenvalue weighted by molar-refractivity contribution is 0.0468. The van der Waals surface area contributed by atoms with Gasteiger partial charge in [0.1, 0.15) is 0 Å². The molecule has 0 fully saturated rings. The number of fused-ring (bicyclic) bond motifs is 1. The second-order valence-corrected chi connectivity index (χ2v) is 8.12. The first kappa shape index (κ1) is 22.1. The number of esters is 1. The van der Waals surface area contributed by atoms with Crippen LogP contribution in [0, 0.1) is 0 Å². The Morgan fingerprint density at radius 2 is 1.52 bits per heavy atom. The predicted molar refractivity (Wildman–Crippen MR) is 127 cm³/mol. The van der Waals surface area contributed by atoms with Gasteiger partial charge < -0.3 is 4.74 Å². The molecule has 0 aliphatic rings. The maximum Gasteiger partial charge on any atom is 0.359 e. The molecule has 0 N–H and O–H groups in total. The number of ether oxygens (including phenoxy) is 1. The van der Waals surface area contributed by atoms with Gasteiger partial charge in [-0.25, -0.2) is 9.48 Å². The van der Waals surface area contributed by atoms with Crippen molar-refractivity contribution in [3.63, 3.8) is 0 Å². The van der Waals surface area contributed by atoms with Gasteiger partial charge >= 0.3 is 5.97 Å². The quantitative estimate of drug-likeness (QED) is 0.310. The van der Waals surface area contributed by atoms with Crippen LogP contribution in [0.25, 0.3) is 10.8 Å². The van der Waals surface area contributed by atoms with Gasteiger partial charge in [-0.05, 0) is 23.1 Å². The Morgan fingerprint density at radius 1 is 0.879 bits per heavy atom. The van der Waals surface area contributed by atoms with Crippen molar-refractivity contribution in [3.8, 4) is 0 Å². The molecule has 0 unspecified atom stereocenters. The molecule has 0 bridgehead atoms. The Kier molecular flexibility index (Phi) is 6.45. The van der Waals surface area contributed by atoms with Crippen LogP contribution in [0.4, 0.5) is 0 Å². The summed E-state index contributed by atoms with van der Waals surface area (Å²) in [4.78, 5) is 38.4. The average molecular weight is 440 g/mol. The molecule has 0 aliphatic carbocycles. The lowest BCUT2D eigenvalue weighted by Gasteiger charge is -2.11. The van der Waals surface area contributed by atoms with Gasteiger partial charge in [0.15, 0.2) is 18.1 Å². The summed E-state index contributed by atoms with van der Waals surface area (Å²) in [5, 5.41) is 5.06. The van der Waals surface area contributed by atoms with E-state index in [4.69, 9.17) is 4.74 Å². The first-order chi connectivity index (χ1) is 15.9. The summed E-state index contributed by atoms with van der Waals surface area (Å²) in [6.45, 7) is 3.96. The zero-order chi connectivity index (χ0) is 23.4. The fourth-order valence-corrected chi connectivity index (χ4v) is 3.59. The summed E-state index contributed by atoms with van der Waals surface area (Å²) < 4.78 is 6.56. The summed E-state index contributed by atoms with van der Waals surface area (Å²) in [7, 11) is 0. The number of benzene rings is 3. The van der Waals surface area contributed by atoms with Crippen LogP contribution in [0.1, 0.15) is 51.7 Å². The van der Waals surface area contributed by atoms with E-state index in [0.717, 1.165) is 11.1 Å². The Morgan fingerprint density at radius 3 is 2.18 bits per heavy atom. The number of nitrogens with zero attached hydrogens (tertiary/aromatic N) is 2. The number of carbonyl (C=O) groups is 2. The molecule has 0 saturated carbocycles. The molecule has 0 amide bonds. The van der Waals surface area contributed by atoms with Gasteiger partial charge in [-0.15, -0.1) is 0 Å². The van der Waals surface area contributed by atoms with Crippen LogP contribution in [-0.2, 0) is 11.3 Å². The highest BCUT2D eigenvalue weighted by Gasteiger charge is 2.19. The van der Waals surface area contributed by atoms with Crippen molar-refractivity contribution < 1.29 is 14.3 Å². The van der Waals surface area contributed by atoms with Crippen molar-refractivity contribution in [2.45, 2.75) is 26.3 Å². The lowest BCUT2D eigenvalue weighted by Crippen LogP contribution is -2.27. The molecule has 1 aromatic heterocycles. The number of Topliss-reactive ketones (excluding diaryl/α,β-unsaturated/α-hetero) is 1. The summed E-state index contributed by atoms with van der Waals surface area (Å²) in [5.41, 5.74) is 2.18. The van der Waals surface area contributed by atoms with E-state index in [1.54, 1.807) is 36.4 Å². The largest absolute Gasteiger partial charge is 0.452 e. The van der Waals surface area contributed by atoms with Crippen molar-refractivity contribution in [1.82, 2.24) is 9.78 Å². The number of ketones is 1. The van der Waals surface area contributed by atoms with Gasteiger partial charge in [0, 0.05) is 10.9 Å². The van der Waals surface area contributed by atoms with E-state index in [0.29, 0.717) is 22.3 Å². The number of hydrogen-bond acceptors (Lipinski definition) is 5. The summed E-state index contributed by atoms with van der Waals surface area (Å²) >= 11 is 0. The van der Waals surface area contributed by atoms with Crippen molar-refractivity contribution in [3.05, 3.63) is 112 Å². The highest BCUT2D eigenvalue weighted by Crippen LogP contribution is 2.17. The molecule has 166 valence electrons. The molecule has 33 heavy (non-hydrogen) atoms. The van der Waals surface area contributed by atoms with Crippen LogP contribution in [0.15, 0.2) is 83.7 Å². The molecule has 0 aliphatic heterocycles. The van der Waals surface area contributed by atoms with Crippen LogP contribution in [0.3, 0.4) is 0 Å². The number of rotatable bonds is 7. The van der Waals surface area contributed by atoms with Crippen molar-refractivity contribution in [2.24, 2.45) is 0 Å². The van der Waals surface area contributed by atoms with Crippen molar-refractivity contribution >= 4 is 22.5 Å². The molecule has 6 heteroatoms. The number of hydrogen-bond donors (Lipinski definition) is 0. The lowest BCUT2D eigenvalue weighted by atomic mass is 10.0. The third-order valence-electron chi connectivity index (χ3n) is 5.47. The maximum atomic E-state index is 12.9. The minimum Gasteiger partial charge on any atom is -0.452 e. The van der Waals surface area contributed by atoms with Gasteiger partial charge in [0.2, 0.25) is 0 Å². The molecule has 4 aromatic rings. The van der Waals surface area contributed by atoms with Crippen LogP contribution in [-0.4, -0.2) is 28.1 Å². The van der Waals surface area contributed by atoms with E-state index in [1.807, 2.05) is 42.5 Å². The number of carbonyl (C=O) groups excluding carboxylic acids is 2. The van der Waals surface area contributed by atoms with E-state index in [-0.39, 0.29) is 23.6 Å². The Hall–Kier alpha value is -4.06. The second-order valence-electron chi connectivity index (χ2n) is 8.12. The predicted octanol–water partition coefficient (Wildman–Crippen LogP) is 4.61. The Labute approximate surface area is 191 Å². The summed E-state index contributed by atoms with van der Waals surface area (Å²) in [6, 6.07) is 23.4.